The van der Waals surface area contributed by atoms with E-state index in [0.717, 1.165) is 31.4 Å². The van der Waals surface area contributed by atoms with Crippen molar-refractivity contribution >= 4 is 23.5 Å². The maximum absolute atomic E-state index is 12.2. The van der Waals surface area contributed by atoms with Crippen molar-refractivity contribution in [3.8, 4) is 5.75 Å². The summed E-state index contributed by atoms with van der Waals surface area (Å²) in [4.78, 5) is 26.1. The molecule has 0 radical (unpaired) electrons. The van der Waals surface area contributed by atoms with E-state index in [9.17, 15) is 9.59 Å². The molecule has 0 aromatic heterocycles. The highest BCUT2D eigenvalue weighted by molar-refractivity contribution is 6.30. The SMILES string of the molecule is C[C@H](C(=O)NC(=O)NC1CCCCC1)N(C)CCOc1ccc(Cl)cc1. The molecule has 0 unspecified atom stereocenters. The van der Waals surface area contributed by atoms with E-state index in [2.05, 4.69) is 10.6 Å². The Labute approximate surface area is 160 Å². The Balaban J connectivity index is 1.68. The monoisotopic (exact) mass is 381 g/mol. The van der Waals surface area contributed by atoms with E-state index in [1.807, 2.05) is 11.9 Å². The number of imide groups is 1. The molecule has 1 fully saturated rings. The number of halogens is 1. The number of carbonyl (C=O) groups is 2. The summed E-state index contributed by atoms with van der Waals surface area (Å²) in [5.74, 6) is 0.416. The summed E-state index contributed by atoms with van der Waals surface area (Å²) in [6.45, 7) is 2.76. The maximum atomic E-state index is 12.2. The third kappa shape index (κ3) is 6.84. The van der Waals surface area contributed by atoms with Gasteiger partial charge in [0.05, 0.1) is 6.04 Å². The molecule has 26 heavy (non-hydrogen) atoms. The summed E-state index contributed by atoms with van der Waals surface area (Å²) >= 11 is 5.83. The Bertz CT molecular complexity index is 588. The molecule has 0 aliphatic heterocycles. The van der Waals surface area contributed by atoms with Crippen molar-refractivity contribution in [1.29, 1.82) is 0 Å². The highest BCUT2D eigenvalue weighted by Gasteiger charge is 2.22. The van der Waals surface area contributed by atoms with Gasteiger partial charge in [-0.1, -0.05) is 30.9 Å². The van der Waals surface area contributed by atoms with E-state index in [1.54, 1.807) is 31.2 Å². The molecular weight excluding hydrogens is 354 g/mol. The normalized spacial score (nSPS) is 16.2. The lowest BCUT2D eigenvalue weighted by Crippen LogP contribution is -2.51. The molecule has 0 heterocycles. The van der Waals surface area contributed by atoms with Gasteiger partial charge in [-0.25, -0.2) is 4.79 Å². The topological polar surface area (TPSA) is 70.7 Å². The number of likely N-dealkylation sites (N-methyl/N-ethyl adjacent to an activating group) is 1. The third-order valence-electron chi connectivity index (χ3n) is 4.74. The van der Waals surface area contributed by atoms with Crippen LogP contribution >= 0.6 is 11.6 Å². The van der Waals surface area contributed by atoms with Crippen LogP contribution in [0.5, 0.6) is 5.75 Å². The number of hydrogen-bond donors (Lipinski definition) is 2. The number of ether oxygens (including phenoxy) is 1. The second-order valence-corrected chi connectivity index (χ2v) is 7.19. The molecule has 2 rings (SSSR count). The average Bonchev–Trinajstić information content (AvgIpc) is 2.63. The highest BCUT2D eigenvalue weighted by atomic mass is 35.5. The van der Waals surface area contributed by atoms with Crippen LogP contribution in [-0.4, -0.2) is 49.1 Å². The summed E-state index contributed by atoms with van der Waals surface area (Å²) in [6.07, 6.45) is 5.45. The minimum absolute atomic E-state index is 0.178. The predicted molar refractivity (Wildman–Crippen MR) is 103 cm³/mol. The number of benzene rings is 1. The molecule has 0 spiro atoms. The van der Waals surface area contributed by atoms with Gasteiger partial charge in [-0.3, -0.25) is 15.0 Å². The first kappa shape index (κ1) is 20.5. The first-order chi connectivity index (χ1) is 12.5. The van der Waals surface area contributed by atoms with Crippen molar-refractivity contribution in [2.45, 2.75) is 51.1 Å². The molecule has 1 aromatic carbocycles. The van der Waals surface area contributed by atoms with E-state index in [1.165, 1.54) is 6.42 Å². The molecule has 2 N–H and O–H groups in total. The van der Waals surface area contributed by atoms with Crippen molar-refractivity contribution in [3.05, 3.63) is 29.3 Å². The standard InChI is InChI=1S/C19H28ClN3O3/c1-14(18(24)22-19(25)21-16-6-4-3-5-7-16)23(2)12-13-26-17-10-8-15(20)9-11-17/h8-11,14,16H,3-7,12-13H2,1-2H3,(H2,21,22,24,25)/t14-/m1/s1. The summed E-state index contributed by atoms with van der Waals surface area (Å²) < 4.78 is 5.63. The fraction of sp³-hybridized carbons (Fsp3) is 0.579. The Hall–Kier alpha value is -1.79. The van der Waals surface area contributed by atoms with Gasteiger partial charge in [0.15, 0.2) is 0 Å². The van der Waals surface area contributed by atoms with Gasteiger partial charge in [-0.2, -0.15) is 0 Å². The number of hydrogen-bond acceptors (Lipinski definition) is 4. The Morgan fingerprint density at radius 1 is 1.23 bits per heavy atom. The van der Waals surface area contributed by atoms with E-state index >= 15 is 0 Å². The zero-order valence-electron chi connectivity index (χ0n) is 15.5. The van der Waals surface area contributed by atoms with Crippen molar-refractivity contribution < 1.29 is 14.3 Å². The Morgan fingerprint density at radius 3 is 2.54 bits per heavy atom. The van der Waals surface area contributed by atoms with Gasteiger partial charge >= 0.3 is 6.03 Å². The van der Waals surface area contributed by atoms with Gasteiger partial charge < -0.3 is 10.1 Å². The fourth-order valence-electron chi connectivity index (χ4n) is 2.92. The summed E-state index contributed by atoms with van der Waals surface area (Å²) in [5, 5.41) is 5.98. The van der Waals surface area contributed by atoms with Gasteiger partial charge in [0, 0.05) is 17.6 Å². The zero-order valence-corrected chi connectivity index (χ0v) is 16.2. The zero-order chi connectivity index (χ0) is 18.9. The van der Waals surface area contributed by atoms with Crippen molar-refractivity contribution in [2.24, 2.45) is 0 Å². The van der Waals surface area contributed by atoms with Crippen LogP contribution in [0.25, 0.3) is 0 Å². The van der Waals surface area contributed by atoms with E-state index in [4.69, 9.17) is 16.3 Å². The number of rotatable bonds is 7. The molecule has 1 aliphatic rings. The van der Waals surface area contributed by atoms with Crippen LogP contribution in [-0.2, 0) is 4.79 Å². The molecule has 0 saturated heterocycles. The molecule has 1 atom stereocenters. The predicted octanol–water partition coefficient (Wildman–Crippen LogP) is 3.20. The minimum atomic E-state index is -0.430. The van der Waals surface area contributed by atoms with Crippen LogP contribution in [0, 0.1) is 0 Å². The largest absolute Gasteiger partial charge is 0.492 e. The van der Waals surface area contributed by atoms with Crippen LogP contribution in [0.2, 0.25) is 5.02 Å². The molecule has 7 heteroatoms. The second-order valence-electron chi connectivity index (χ2n) is 6.76. The Kier molecular flexibility index (Phi) is 8.19. The number of amides is 3. The van der Waals surface area contributed by atoms with E-state index in [0.29, 0.717) is 18.2 Å². The van der Waals surface area contributed by atoms with Gasteiger partial charge in [-0.15, -0.1) is 0 Å². The van der Waals surface area contributed by atoms with Crippen LogP contribution < -0.4 is 15.4 Å². The lowest BCUT2D eigenvalue weighted by atomic mass is 9.96. The summed E-state index contributed by atoms with van der Waals surface area (Å²) in [7, 11) is 1.83. The number of carbonyl (C=O) groups excluding carboxylic acids is 2. The molecule has 0 bridgehead atoms. The first-order valence-corrected chi connectivity index (χ1v) is 9.53. The number of nitrogens with zero attached hydrogens (tertiary/aromatic N) is 1. The molecule has 1 aliphatic carbocycles. The summed E-state index contributed by atoms with van der Waals surface area (Å²) in [5.41, 5.74) is 0. The van der Waals surface area contributed by atoms with Crippen molar-refractivity contribution in [3.63, 3.8) is 0 Å². The average molecular weight is 382 g/mol. The van der Waals surface area contributed by atoms with Crippen molar-refractivity contribution in [2.75, 3.05) is 20.2 Å². The van der Waals surface area contributed by atoms with Gasteiger partial charge in [0.25, 0.3) is 0 Å². The highest BCUT2D eigenvalue weighted by Crippen LogP contribution is 2.17. The third-order valence-corrected chi connectivity index (χ3v) is 5.00. The number of nitrogens with one attached hydrogen (secondary N) is 2. The molecule has 1 aromatic rings. The first-order valence-electron chi connectivity index (χ1n) is 9.15. The van der Waals surface area contributed by atoms with Gasteiger partial charge in [0.2, 0.25) is 5.91 Å². The molecule has 1 saturated carbocycles. The lowest BCUT2D eigenvalue weighted by Gasteiger charge is -2.25. The summed E-state index contributed by atoms with van der Waals surface area (Å²) in [6, 6.07) is 6.48. The van der Waals surface area contributed by atoms with Gasteiger partial charge in [-0.05, 0) is 51.1 Å². The van der Waals surface area contributed by atoms with Gasteiger partial charge in [0.1, 0.15) is 12.4 Å². The maximum Gasteiger partial charge on any atom is 0.321 e. The van der Waals surface area contributed by atoms with E-state index in [-0.39, 0.29) is 11.9 Å². The second kappa shape index (κ2) is 10.4. The minimum Gasteiger partial charge on any atom is -0.492 e. The Morgan fingerprint density at radius 2 is 1.88 bits per heavy atom. The quantitative estimate of drug-likeness (QED) is 0.760. The van der Waals surface area contributed by atoms with Crippen molar-refractivity contribution in [1.82, 2.24) is 15.5 Å². The van der Waals surface area contributed by atoms with Crippen LogP contribution in [0.4, 0.5) is 4.79 Å². The lowest BCUT2D eigenvalue weighted by molar-refractivity contribution is -0.124. The van der Waals surface area contributed by atoms with Crippen LogP contribution in [0.3, 0.4) is 0 Å². The molecule has 6 nitrogen and oxygen atoms in total. The molecule has 3 amide bonds. The van der Waals surface area contributed by atoms with Crippen LogP contribution in [0.15, 0.2) is 24.3 Å². The molecule has 144 valence electrons. The fourth-order valence-corrected chi connectivity index (χ4v) is 3.04. The number of urea groups is 1. The van der Waals surface area contributed by atoms with Crippen LogP contribution in [0.1, 0.15) is 39.0 Å². The smallest absolute Gasteiger partial charge is 0.321 e. The van der Waals surface area contributed by atoms with E-state index < -0.39 is 12.1 Å². The molecular formula is C19H28ClN3O3.